The van der Waals surface area contributed by atoms with Gasteiger partial charge in [-0.1, -0.05) is 28.1 Å². The summed E-state index contributed by atoms with van der Waals surface area (Å²) in [6.45, 7) is 1.62. The Kier molecular flexibility index (Phi) is 6.63. The molecule has 0 aliphatic rings. The highest BCUT2D eigenvalue weighted by Gasteiger charge is 2.06. The number of halogens is 1. The molecule has 1 aromatic carbocycles. The number of hydrogen-bond donors (Lipinski definition) is 0. The number of benzene rings is 1. The zero-order chi connectivity index (χ0) is 13.4. The van der Waals surface area contributed by atoms with Crippen molar-refractivity contribution in [2.75, 3.05) is 20.1 Å². The van der Waals surface area contributed by atoms with Gasteiger partial charge in [-0.05, 0) is 32.1 Å². The fraction of sp³-hybridized carbons (Fsp3) is 0.429. The maximum Gasteiger partial charge on any atom is 0.162 e. The van der Waals surface area contributed by atoms with Crippen molar-refractivity contribution in [3.8, 4) is 6.07 Å². The highest BCUT2D eigenvalue weighted by Crippen LogP contribution is 2.12. The van der Waals surface area contributed by atoms with Gasteiger partial charge in [0.2, 0.25) is 0 Å². The Morgan fingerprint density at radius 1 is 1.33 bits per heavy atom. The van der Waals surface area contributed by atoms with Crippen LogP contribution < -0.4 is 0 Å². The summed E-state index contributed by atoms with van der Waals surface area (Å²) >= 11 is 3.35. The van der Waals surface area contributed by atoms with Crippen LogP contribution in [0.4, 0.5) is 0 Å². The van der Waals surface area contributed by atoms with Crippen LogP contribution in [0.25, 0.3) is 0 Å². The van der Waals surface area contributed by atoms with Crippen LogP contribution in [0.3, 0.4) is 0 Å². The van der Waals surface area contributed by atoms with Gasteiger partial charge in [0.15, 0.2) is 5.78 Å². The van der Waals surface area contributed by atoms with Gasteiger partial charge in [-0.25, -0.2) is 0 Å². The first-order valence-corrected chi connectivity index (χ1v) is 6.77. The summed E-state index contributed by atoms with van der Waals surface area (Å²) in [5.41, 5.74) is 0.762. The van der Waals surface area contributed by atoms with Crippen LogP contribution >= 0.6 is 15.9 Å². The fourth-order valence-corrected chi connectivity index (χ4v) is 1.91. The number of carbonyl (C=O) groups is 1. The van der Waals surface area contributed by atoms with E-state index < -0.39 is 0 Å². The van der Waals surface area contributed by atoms with Crippen molar-refractivity contribution in [2.24, 2.45) is 0 Å². The molecule has 0 saturated carbocycles. The molecule has 0 spiro atoms. The van der Waals surface area contributed by atoms with Gasteiger partial charge in [0.25, 0.3) is 0 Å². The highest BCUT2D eigenvalue weighted by atomic mass is 79.9. The first kappa shape index (κ1) is 14.9. The number of ketones is 1. The lowest BCUT2D eigenvalue weighted by atomic mass is 10.1. The number of nitrogens with zero attached hydrogens (tertiary/aromatic N) is 2. The van der Waals surface area contributed by atoms with Crippen molar-refractivity contribution in [2.45, 2.75) is 19.3 Å². The monoisotopic (exact) mass is 308 g/mol. The minimum absolute atomic E-state index is 0.177. The van der Waals surface area contributed by atoms with Gasteiger partial charge in [0.1, 0.15) is 0 Å². The second-order valence-electron chi connectivity index (χ2n) is 4.25. The molecule has 0 radical (unpaired) electrons. The first-order chi connectivity index (χ1) is 8.63. The zero-order valence-electron chi connectivity index (χ0n) is 10.5. The molecule has 0 N–H and O–H groups in total. The van der Waals surface area contributed by atoms with Crippen molar-refractivity contribution >= 4 is 21.7 Å². The lowest BCUT2D eigenvalue weighted by Crippen LogP contribution is -2.21. The van der Waals surface area contributed by atoms with E-state index in [-0.39, 0.29) is 5.78 Å². The van der Waals surface area contributed by atoms with E-state index in [2.05, 4.69) is 26.9 Å². The van der Waals surface area contributed by atoms with Crippen LogP contribution in [0.5, 0.6) is 0 Å². The molecule has 3 nitrogen and oxygen atoms in total. The number of Topliss-reactive ketones (excluding diaryl/α,β-unsaturated/α-hetero) is 1. The SMILES string of the molecule is CN(CCC#N)CCCC(=O)c1ccc(Br)cc1. The molecule has 96 valence electrons. The van der Waals surface area contributed by atoms with E-state index in [1.807, 2.05) is 31.3 Å². The average Bonchev–Trinajstić information content (AvgIpc) is 2.37. The molecule has 0 bridgehead atoms. The minimum Gasteiger partial charge on any atom is -0.305 e. The zero-order valence-corrected chi connectivity index (χ0v) is 12.1. The van der Waals surface area contributed by atoms with Gasteiger partial charge in [-0.2, -0.15) is 5.26 Å². The Balaban J connectivity index is 2.29. The van der Waals surface area contributed by atoms with E-state index in [9.17, 15) is 4.79 Å². The summed E-state index contributed by atoms with van der Waals surface area (Å²) in [6.07, 6.45) is 1.92. The van der Waals surface area contributed by atoms with Crippen LogP contribution in [0.1, 0.15) is 29.6 Å². The third kappa shape index (κ3) is 5.44. The van der Waals surface area contributed by atoms with Gasteiger partial charge in [-0.15, -0.1) is 0 Å². The van der Waals surface area contributed by atoms with E-state index in [0.717, 1.165) is 29.5 Å². The lowest BCUT2D eigenvalue weighted by molar-refractivity contribution is 0.0976. The smallest absolute Gasteiger partial charge is 0.162 e. The fourth-order valence-electron chi connectivity index (χ4n) is 1.64. The molecule has 1 rings (SSSR count). The molecule has 0 fully saturated rings. The molecule has 4 heteroatoms. The lowest BCUT2D eigenvalue weighted by Gasteiger charge is -2.13. The Morgan fingerprint density at radius 2 is 2.00 bits per heavy atom. The van der Waals surface area contributed by atoms with Crippen LogP contribution in [0.2, 0.25) is 0 Å². The molecule has 18 heavy (non-hydrogen) atoms. The minimum atomic E-state index is 0.177. The van der Waals surface area contributed by atoms with Crippen molar-refractivity contribution in [1.29, 1.82) is 5.26 Å². The number of rotatable bonds is 7. The Bertz CT molecular complexity index is 422. The molecule has 0 unspecified atom stereocenters. The van der Waals surface area contributed by atoms with Crippen molar-refractivity contribution in [3.63, 3.8) is 0 Å². The second-order valence-corrected chi connectivity index (χ2v) is 5.16. The van der Waals surface area contributed by atoms with E-state index in [0.29, 0.717) is 12.8 Å². The van der Waals surface area contributed by atoms with E-state index in [4.69, 9.17) is 5.26 Å². The Morgan fingerprint density at radius 3 is 2.61 bits per heavy atom. The number of nitriles is 1. The third-order valence-electron chi connectivity index (χ3n) is 2.72. The third-order valence-corrected chi connectivity index (χ3v) is 3.24. The molecule has 0 aliphatic heterocycles. The summed E-state index contributed by atoms with van der Waals surface area (Å²) in [6, 6.07) is 9.56. The van der Waals surface area contributed by atoms with Gasteiger partial charge in [0, 0.05) is 29.4 Å². The standard InChI is InChI=1S/C14H17BrN2O/c1-17(11-3-9-16)10-2-4-14(18)12-5-7-13(15)8-6-12/h5-8H,2-4,10-11H2,1H3. The molecule has 1 aromatic rings. The van der Waals surface area contributed by atoms with Crippen molar-refractivity contribution < 1.29 is 4.79 Å². The van der Waals surface area contributed by atoms with Gasteiger partial charge >= 0.3 is 0 Å². The molecule has 0 aromatic heterocycles. The van der Waals surface area contributed by atoms with Crippen LogP contribution in [-0.4, -0.2) is 30.8 Å². The van der Waals surface area contributed by atoms with Crippen LogP contribution in [0.15, 0.2) is 28.7 Å². The summed E-state index contributed by atoms with van der Waals surface area (Å²) in [7, 11) is 1.97. The molecule has 0 heterocycles. The predicted octanol–water partition coefficient (Wildman–Crippen LogP) is 3.26. The summed E-state index contributed by atoms with van der Waals surface area (Å²) < 4.78 is 0.982. The van der Waals surface area contributed by atoms with Gasteiger partial charge in [-0.3, -0.25) is 4.79 Å². The molecule has 0 atom stereocenters. The molecular formula is C14H17BrN2O. The van der Waals surface area contributed by atoms with Crippen LogP contribution in [-0.2, 0) is 0 Å². The predicted molar refractivity (Wildman–Crippen MR) is 75.4 cm³/mol. The second kappa shape index (κ2) is 8.02. The van der Waals surface area contributed by atoms with E-state index >= 15 is 0 Å². The molecular weight excluding hydrogens is 292 g/mol. The summed E-state index contributed by atoms with van der Waals surface area (Å²) in [5, 5.41) is 8.47. The number of hydrogen-bond acceptors (Lipinski definition) is 3. The normalized spacial score (nSPS) is 10.3. The van der Waals surface area contributed by atoms with E-state index in [1.165, 1.54) is 0 Å². The Hall–Kier alpha value is -1.18. The van der Waals surface area contributed by atoms with Gasteiger partial charge in [0.05, 0.1) is 6.07 Å². The molecule has 0 aliphatic carbocycles. The van der Waals surface area contributed by atoms with E-state index in [1.54, 1.807) is 0 Å². The summed E-state index contributed by atoms with van der Waals surface area (Å²) in [5.74, 6) is 0.177. The van der Waals surface area contributed by atoms with Crippen LogP contribution in [0, 0.1) is 11.3 Å². The molecule has 0 amide bonds. The average molecular weight is 309 g/mol. The quantitative estimate of drug-likeness (QED) is 0.726. The molecule has 0 saturated heterocycles. The highest BCUT2D eigenvalue weighted by molar-refractivity contribution is 9.10. The Labute approximate surface area is 117 Å². The number of carbonyl (C=O) groups excluding carboxylic acids is 1. The maximum absolute atomic E-state index is 11.9. The summed E-state index contributed by atoms with van der Waals surface area (Å²) in [4.78, 5) is 13.9. The topological polar surface area (TPSA) is 44.1 Å². The largest absolute Gasteiger partial charge is 0.305 e. The maximum atomic E-state index is 11.9. The van der Waals surface area contributed by atoms with Crippen molar-refractivity contribution in [1.82, 2.24) is 4.90 Å². The van der Waals surface area contributed by atoms with Crippen molar-refractivity contribution in [3.05, 3.63) is 34.3 Å². The first-order valence-electron chi connectivity index (χ1n) is 5.97. The van der Waals surface area contributed by atoms with Gasteiger partial charge < -0.3 is 4.90 Å².